The fourth-order valence-electron chi connectivity index (χ4n) is 2.50. The van der Waals surface area contributed by atoms with Gasteiger partial charge in [0.2, 0.25) is 0 Å². The summed E-state index contributed by atoms with van der Waals surface area (Å²) in [5, 5.41) is 3.41. The quantitative estimate of drug-likeness (QED) is 0.520. The zero-order valence-electron chi connectivity index (χ0n) is 15.0. The van der Waals surface area contributed by atoms with E-state index in [0.29, 0.717) is 12.2 Å². The van der Waals surface area contributed by atoms with E-state index in [1.54, 1.807) is 12.1 Å². The van der Waals surface area contributed by atoms with Gasteiger partial charge in [0.1, 0.15) is 5.75 Å². The Labute approximate surface area is 150 Å². The monoisotopic (exact) mass is 341 g/mol. The highest BCUT2D eigenvalue weighted by atomic mass is 16.5. The Morgan fingerprint density at radius 1 is 1.08 bits per heavy atom. The third-order valence-corrected chi connectivity index (χ3v) is 3.85. The zero-order chi connectivity index (χ0) is 17.9. The molecule has 0 heterocycles. The van der Waals surface area contributed by atoms with Crippen molar-refractivity contribution in [2.45, 2.75) is 39.3 Å². The minimum atomic E-state index is -0.254. The van der Waals surface area contributed by atoms with Crippen molar-refractivity contribution in [1.29, 1.82) is 0 Å². The summed E-state index contributed by atoms with van der Waals surface area (Å²) in [7, 11) is 0. The summed E-state index contributed by atoms with van der Waals surface area (Å²) in [6, 6.07) is 17.2. The normalized spacial score (nSPS) is 11.8. The van der Waals surface area contributed by atoms with Gasteiger partial charge in [0.05, 0.1) is 18.3 Å². The van der Waals surface area contributed by atoms with E-state index in [0.717, 1.165) is 31.7 Å². The zero-order valence-corrected chi connectivity index (χ0v) is 15.0. The molecule has 0 aromatic heterocycles. The van der Waals surface area contributed by atoms with E-state index < -0.39 is 0 Å². The number of esters is 1. The summed E-state index contributed by atoms with van der Waals surface area (Å²) in [5.41, 5.74) is 1.83. The Bertz CT molecular complexity index is 625. The Morgan fingerprint density at radius 3 is 2.48 bits per heavy atom. The van der Waals surface area contributed by atoms with E-state index in [-0.39, 0.29) is 12.1 Å². The standard InChI is InChI=1S/C21H27NO3/c1-3-24-20-13-11-18(12-14-20)16-22-15-7-8-17(2)25-21(23)19-9-5-4-6-10-19/h4-6,9-14,17,22H,3,7-8,15-16H2,1-2H3. The van der Waals surface area contributed by atoms with Gasteiger partial charge in [-0.25, -0.2) is 4.79 Å². The van der Waals surface area contributed by atoms with Crippen molar-refractivity contribution in [3.8, 4) is 5.75 Å². The minimum Gasteiger partial charge on any atom is -0.494 e. The van der Waals surface area contributed by atoms with Crippen LogP contribution in [0, 0.1) is 0 Å². The predicted octanol–water partition coefficient (Wildman–Crippen LogP) is 4.20. The lowest BCUT2D eigenvalue weighted by Crippen LogP contribution is -2.19. The van der Waals surface area contributed by atoms with Crippen molar-refractivity contribution in [2.24, 2.45) is 0 Å². The van der Waals surface area contributed by atoms with Gasteiger partial charge in [-0.15, -0.1) is 0 Å². The lowest BCUT2D eigenvalue weighted by Gasteiger charge is -2.13. The second-order valence-corrected chi connectivity index (χ2v) is 5.98. The maximum Gasteiger partial charge on any atom is 0.338 e. The van der Waals surface area contributed by atoms with Crippen LogP contribution in [-0.4, -0.2) is 25.2 Å². The molecule has 0 aliphatic heterocycles. The Hall–Kier alpha value is -2.33. The van der Waals surface area contributed by atoms with Crippen LogP contribution in [0.2, 0.25) is 0 Å². The molecular formula is C21H27NO3. The summed E-state index contributed by atoms with van der Waals surface area (Å²) in [6.45, 7) is 6.32. The largest absolute Gasteiger partial charge is 0.494 e. The van der Waals surface area contributed by atoms with Crippen LogP contribution < -0.4 is 10.1 Å². The van der Waals surface area contributed by atoms with Gasteiger partial charge >= 0.3 is 5.97 Å². The van der Waals surface area contributed by atoms with Crippen molar-refractivity contribution in [3.05, 3.63) is 65.7 Å². The van der Waals surface area contributed by atoms with Crippen molar-refractivity contribution in [2.75, 3.05) is 13.2 Å². The van der Waals surface area contributed by atoms with E-state index in [1.807, 2.05) is 44.2 Å². The molecule has 4 heteroatoms. The number of nitrogens with one attached hydrogen (secondary N) is 1. The molecule has 4 nitrogen and oxygen atoms in total. The third-order valence-electron chi connectivity index (χ3n) is 3.85. The van der Waals surface area contributed by atoms with Gasteiger partial charge in [-0.3, -0.25) is 0 Å². The molecule has 0 fully saturated rings. The smallest absolute Gasteiger partial charge is 0.338 e. The Morgan fingerprint density at radius 2 is 1.80 bits per heavy atom. The summed E-state index contributed by atoms with van der Waals surface area (Å²) in [6.07, 6.45) is 1.72. The highest BCUT2D eigenvalue weighted by Gasteiger charge is 2.11. The molecule has 134 valence electrons. The van der Waals surface area contributed by atoms with Crippen LogP contribution in [0.4, 0.5) is 0 Å². The number of hydrogen-bond donors (Lipinski definition) is 1. The number of hydrogen-bond acceptors (Lipinski definition) is 4. The van der Waals surface area contributed by atoms with Crippen LogP contribution in [-0.2, 0) is 11.3 Å². The molecule has 2 rings (SSSR count). The molecule has 25 heavy (non-hydrogen) atoms. The van der Waals surface area contributed by atoms with Gasteiger partial charge in [0, 0.05) is 6.54 Å². The first kappa shape index (κ1) is 19.0. The van der Waals surface area contributed by atoms with Crippen LogP contribution in [0.25, 0.3) is 0 Å². The highest BCUT2D eigenvalue weighted by Crippen LogP contribution is 2.12. The van der Waals surface area contributed by atoms with E-state index in [1.165, 1.54) is 5.56 Å². The first-order valence-electron chi connectivity index (χ1n) is 8.87. The van der Waals surface area contributed by atoms with Crippen LogP contribution in [0.3, 0.4) is 0 Å². The molecule has 0 spiro atoms. The second kappa shape index (κ2) is 10.5. The SMILES string of the molecule is CCOc1ccc(CNCCCC(C)OC(=O)c2ccccc2)cc1. The maximum absolute atomic E-state index is 12.0. The molecule has 1 unspecified atom stereocenters. The molecule has 0 amide bonds. The molecule has 0 radical (unpaired) electrons. The lowest BCUT2D eigenvalue weighted by atomic mass is 10.2. The van der Waals surface area contributed by atoms with Gasteiger partial charge in [-0.05, 0) is 63.1 Å². The maximum atomic E-state index is 12.0. The molecule has 0 saturated heterocycles. The molecule has 1 atom stereocenters. The van der Waals surface area contributed by atoms with E-state index in [4.69, 9.17) is 9.47 Å². The topological polar surface area (TPSA) is 47.6 Å². The van der Waals surface area contributed by atoms with Gasteiger partial charge in [-0.1, -0.05) is 30.3 Å². The van der Waals surface area contributed by atoms with E-state index in [9.17, 15) is 4.79 Å². The molecule has 2 aromatic rings. The highest BCUT2D eigenvalue weighted by molar-refractivity contribution is 5.89. The fraction of sp³-hybridized carbons (Fsp3) is 0.381. The molecular weight excluding hydrogens is 314 g/mol. The first-order chi connectivity index (χ1) is 12.2. The first-order valence-corrected chi connectivity index (χ1v) is 8.87. The average molecular weight is 341 g/mol. The Kier molecular flexibility index (Phi) is 7.99. The molecule has 0 bridgehead atoms. The minimum absolute atomic E-state index is 0.0833. The molecule has 0 saturated carbocycles. The predicted molar refractivity (Wildman–Crippen MR) is 99.9 cm³/mol. The number of ether oxygens (including phenoxy) is 2. The number of benzene rings is 2. The van der Waals surface area contributed by atoms with Gasteiger partial charge < -0.3 is 14.8 Å². The van der Waals surface area contributed by atoms with Crippen molar-refractivity contribution in [3.63, 3.8) is 0 Å². The summed E-state index contributed by atoms with van der Waals surface area (Å²) < 4.78 is 10.9. The van der Waals surface area contributed by atoms with Crippen LogP contribution in [0.5, 0.6) is 5.75 Å². The van der Waals surface area contributed by atoms with Crippen molar-refractivity contribution in [1.82, 2.24) is 5.32 Å². The summed E-state index contributed by atoms with van der Waals surface area (Å²) in [5.74, 6) is 0.649. The summed E-state index contributed by atoms with van der Waals surface area (Å²) >= 11 is 0. The van der Waals surface area contributed by atoms with Gasteiger partial charge in [0.25, 0.3) is 0 Å². The number of carbonyl (C=O) groups excluding carboxylic acids is 1. The number of rotatable bonds is 10. The van der Waals surface area contributed by atoms with E-state index in [2.05, 4.69) is 17.4 Å². The third kappa shape index (κ3) is 6.98. The molecule has 2 aromatic carbocycles. The van der Waals surface area contributed by atoms with Crippen molar-refractivity contribution >= 4 is 5.97 Å². The van der Waals surface area contributed by atoms with Gasteiger partial charge in [0.15, 0.2) is 0 Å². The van der Waals surface area contributed by atoms with Crippen LogP contribution in [0.1, 0.15) is 42.6 Å². The lowest BCUT2D eigenvalue weighted by molar-refractivity contribution is 0.0321. The molecule has 0 aliphatic rings. The molecule has 1 N–H and O–H groups in total. The summed E-state index contributed by atoms with van der Waals surface area (Å²) in [4.78, 5) is 12.0. The van der Waals surface area contributed by atoms with Crippen LogP contribution in [0.15, 0.2) is 54.6 Å². The average Bonchev–Trinajstić information content (AvgIpc) is 2.64. The van der Waals surface area contributed by atoms with Gasteiger partial charge in [-0.2, -0.15) is 0 Å². The fourth-order valence-corrected chi connectivity index (χ4v) is 2.50. The Balaban J connectivity index is 1.60. The van der Waals surface area contributed by atoms with Crippen LogP contribution >= 0.6 is 0 Å². The van der Waals surface area contributed by atoms with E-state index >= 15 is 0 Å². The molecule has 0 aliphatic carbocycles. The van der Waals surface area contributed by atoms with Crippen molar-refractivity contribution < 1.29 is 14.3 Å². The second-order valence-electron chi connectivity index (χ2n) is 5.98. The number of carbonyl (C=O) groups is 1.